The molecule has 0 saturated carbocycles. The molecule has 3 rings (SSSR count). The Hall–Kier alpha value is -3.46. The summed E-state index contributed by atoms with van der Waals surface area (Å²) >= 11 is 12.2. The van der Waals surface area contributed by atoms with Gasteiger partial charge in [0, 0.05) is 0 Å². The van der Waals surface area contributed by atoms with Crippen molar-refractivity contribution in [2.45, 2.75) is 11.1 Å². The van der Waals surface area contributed by atoms with Crippen molar-refractivity contribution in [2.24, 2.45) is 5.73 Å². The number of anilines is 3. The standard InChI is InChI=1S/C21H13Cl2F3N4O3S/c22-14-5-3-6-17(19(14)23)30(20(28)31)16-9-8-12(11-27)10-15(16)29-34(32,33)18-7-2-1-4-13(18)21(24,25)26/h1-10,29H,(H2,28,31). The molecular weight excluding hydrogens is 516 g/mol. The summed E-state index contributed by atoms with van der Waals surface area (Å²) in [5, 5.41) is 9.21. The minimum Gasteiger partial charge on any atom is -0.351 e. The molecule has 3 aromatic rings. The van der Waals surface area contributed by atoms with Crippen molar-refractivity contribution in [3.63, 3.8) is 0 Å². The maximum atomic E-state index is 13.4. The number of carbonyl (C=O) groups is 1. The zero-order valence-corrected chi connectivity index (χ0v) is 19.1. The lowest BCUT2D eigenvalue weighted by Gasteiger charge is -2.25. The van der Waals surface area contributed by atoms with E-state index in [1.807, 2.05) is 4.72 Å². The van der Waals surface area contributed by atoms with Gasteiger partial charge < -0.3 is 5.73 Å². The molecule has 0 fully saturated rings. The number of nitrogens with one attached hydrogen (secondary N) is 1. The number of sulfonamides is 1. The molecule has 176 valence electrons. The minimum atomic E-state index is -4.96. The maximum Gasteiger partial charge on any atom is 0.417 e. The van der Waals surface area contributed by atoms with Crippen LogP contribution in [0, 0.1) is 11.3 Å². The largest absolute Gasteiger partial charge is 0.417 e. The number of halogens is 5. The highest BCUT2D eigenvalue weighted by atomic mass is 35.5. The van der Waals surface area contributed by atoms with Gasteiger partial charge in [0.05, 0.1) is 49.2 Å². The maximum absolute atomic E-state index is 13.4. The molecule has 0 atom stereocenters. The quantitative estimate of drug-likeness (QED) is 0.428. The summed E-state index contributed by atoms with van der Waals surface area (Å²) in [7, 11) is -4.85. The summed E-state index contributed by atoms with van der Waals surface area (Å²) in [5.41, 5.74) is 3.43. The molecule has 0 bridgehead atoms. The van der Waals surface area contributed by atoms with Crippen LogP contribution in [0.4, 0.5) is 35.0 Å². The van der Waals surface area contributed by atoms with Gasteiger partial charge in [0.1, 0.15) is 0 Å². The molecule has 0 aliphatic heterocycles. The fourth-order valence-electron chi connectivity index (χ4n) is 3.05. The molecular formula is C21H13Cl2F3N4O3S. The van der Waals surface area contributed by atoms with E-state index in [4.69, 9.17) is 28.9 Å². The SMILES string of the molecule is N#Cc1ccc(N(C(N)=O)c2cccc(Cl)c2Cl)c(NS(=O)(=O)c2ccccc2C(F)(F)F)c1. The Morgan fingerprint density at radius 3 is 2.32 bits per heavy atom. The van der Waals surface area contributed by atoms with E-state index in [9.17, 15) is 31.6 Å². The molecule has 0 unspecified atom stereocenters. The monoisotopic (exact) mass is 528 g/mol. The van der Waals surface area contributed by atoms with Crippen molar-refractivity contribution in [3.05, 3.63) is 81.8 Å². The normalized spacial score (nSPS) is 11.5. The number of primary amides is 1. The fourth-order valence-corrected chi connectivity index (χ4v) is 4.72. The Labute approximate surface area is 202 Å². The van der Waals surface area contributed by atoms with Crippen LogP contribution in [0.1, 0.15) is 11.1 Å². The second-order valence-corrected chi connectivity index (χ2v) is 9.13. The number of hydrogen-bond acceptors (Lipinski definition) is 4. The molecule has 13 heteroatoms. The van der Waals surface area contributed by atoms with Gasteiger partial charge in [-0.15, -0.1) is 0 Å². The molecule has 0 aromatic heterocycles. The first-order valence-corrected chi connectivity index (χ1v) is 11.4. The van der Waals surface area contributed by atoms with Crippen LogP contribution in [0.5, 0.6) is 0 Å². The van der Waals surface area contributed by atoms with E-state index in [0.717, 1.165) is 29.2 Å². The lowest BCUT2D eigenvalue weighted by molar-refractivity contribution is -0.139. The lowest BCUT2D eigenvalue weighted by Crippen LogP contribution is -2.32. The molecule has 7 nitrogen and oxygen atoms in total. The first-order valence-electron chi connectivity index (χ1n) is 9.13. The summed E-state index contributed by atoms with van der Waals surface area (Å²) in [6.07, 6.45) is -4.96. The predicted molar refractivity (Wildman–Crippen MR) is 122 cm³/mol. The molecule has 3 aromatic carbocycles. The number of alkyl halides is 3. The predicted octanol–water partition coefficient (Wildman–Crippen LogP) is 5.90. The second-order valence-electron chi connectivity index (χ2n) is 6.69. The highest BCUT2D eigenvalue weighted by molar-refractivity contribution is 7.92. The van der Waals surface area contributed by atoms with Gasteiger partial charge in [0.15, 0.2) is 0 Å². The van der Waals surface area contributed by atoms with Crippen LogP contribution in [0.15, 0.2) is 65.6 Å². The first kappa shape index (κ1) is 25.2. The molecule has 0 radical (unpaired) electrons. The average Bonchev–Trinajstić information content (AvgIpc) is 2.76. The Morgan fingerprint density at radius 2 is 1.71 bits per heavy atom. The number of rotatable bonds is 5. The van der Waals surface area contributed by atoms with Crippen molar-refractivity contribution in [1.82, 2.24) is 0 Å². The van der Waals surface area contributed by atoms with Crippen molar-refractivity contribution in [1.29, 1.82) is 5.26 Å². The number of nitrogens with two attached hydrogens (primary N) is 1. The van der Waals surface area contributed by atoms with E-state index < -0.39 is 38.4 Å². The molecule has 2 amide bonds. The van der Waals surface area contributed by atoms with Crippen molar-refractivity contribution in [2.75, 3.05) is 9.62 Å². The highest BCUT2D eigenvalue weighted by Crippen LogP contribution is 2.41. The van der Waals surface area contributed by atoms with Gasteiger partial charge in [-0.1, -0.05) is 41.4 Å². The van der Waals surface area contributed by atoms with Crippen LogP contribution in [0.3, 0.4) is 0 Å². The van der Waals surface area contributed by atoms with Crippen molar-refractivity contribution >= 4 is 56.3 Å². The molecule has 0 saturated heterocycles. The van der Waals surface area contributed by atoms with Crippen LogP contribution in [-0.4, -0.2) is 14.4 Å². The van der Waals surface area contributed by atoms with Gasteiger partial charge in [-0.3, -0.25) is 9.62 Å². The van der Waals surface area contributed by atoms with Crippen LogP contribution < -0.4 is 15.4 Å². The van der Waals surface area contributed by atoms with Gasteiger partial charge in [-0.25, -0.2) is 13.2 Å². The molecule has 34 heavy (non-hydrogen) atoms. The van der Waals surface area contributed by atoms with Crippen molar-refractivity contribution < 1.29 is 26.4 Å². The van der Waals surface area contributed by atoms with Gasteiger partial charge in [-0.05, 0) is 42.5 Å². The Kier molecular flexibility index (Phi) is 6.97. The molecule has 0 heterocycles. The van der Waals surface area contributed by atoms with Crippen LogP contribution in [0.25, 0.3) is 0 Å². The Balaban J connectivity index is 2.22. The average molecular weight is 529 g/mol. The fraction of sp³-hybridized carbons (Fsp3) is 0.0476. The topological polar surface area (TPSA) is 116 Å². The van der Waals surface area contributed by atoms with Gasteiger partial charge in [0.25, 0.3) is 10.0 Å². The minimum absolute atomic E-state index is 0.0255. The summed E-state index contributed by atoms with van der Waals surface area (Å²) in [4.78, 5) is 12.1. The van der Waals surface area contributed by atoms with E-state index in [-0.39, 0.29) is 27.0 Å². The summed E-state index contributed by atoms with van der Waals surface area (Å²) in [6, 6.07) is 12.0. The molecule has 3 N–H and O–H groups in total. The molecule has 0 spiro atoms. The third-order valence-electron chi connectivity index (χ3n) is 4.49. The Bertz CT molecular complexity index is 1420. The van der Waals surface area contributed by atoms with E-state index >= 15 is 0 Å². The van der Waals surface area contributed by atoms with E-state index in [2.05, 4.69) is 0 Å². The summed E-state index contributed by atoms with van der Waals surface area (Å²) in [6.45, 7) is 0. The molecule has 0 aliphatic carbocycles. The van der Waals surface area contributed by atoms with Gasteiger partial charge in [-0.2, -0.15) is 18.4 Å². The molecule has 0 aliphatic rings. The number of carbonyl (C=O) groups excluding carboxylic acids is 1. The Morgan fingerprint density at radius 1 is 1.03 bits per heavy atom. The zero-order valence-electron chi connectivity index (χ0n) is 16.8. The van der Waals surface area contributed by atoms with Crippen LogP contribution >= 0.6 is 23.2 Å². The van der Waals surface area contributed by atoms with E-state index in [1.54, 1.807) is 6.07 Å². The zero-order chi connectivity index (χ0) is 25.3. The van der Waals surface area contributed by atoms with Crippen molar-refractivity contribution in [3.8, 4) is 6.07 Å². The van der Waals surface area contributed by atoms with E-state index in [0.29, 0.717) is 6.07 Å². The van der Waals surface area contributed by atoms with Gasteiger partial charge in [0.2, 0.25) is 0 Å². The smallest absolute Gasteiger partial charge is 0.351 e. The first-order chi connectivity index (χ1) is 15.9. The summed E-state index contributed by atoms with van der Waals surface area (Å²) in [5.74, 6) is 0. The summed E-state index contributed by atoms with van der Waals surface area (Å²) < 4.78 is 68.3. The third kappa shape index (κ3) is 5.04. The number of benzene rings is 3. The van der Waals surface area contributed by atoms with Crippen LogP contribution in [0.2, 0.25) is 10.0 Å². The highest BCUT2D eigenvalue weighted by Gasteiger charge is 2.37. The number of amides is 2. The van der Waals surface area contributed by atoms with Crippen LogP contribution in [-0.2, 0) is 16.2 Å². The number of nitriles is 1. The third-order valence-corrected chi connectivity index (χ3v) is 6.72. The number of hydrogen-bond donors (Lipinski definition) is 2. The number of urea groups is 1. The van der Waals surface area contributed by atoms with Gasteiger partial charge >= 0.3 is 12.2 Å². The number of nitrogens with zero attached hydrogens (tertiary/aromatic N) is 2. The second kappa shape index (κ2) is 9.42. The lowest BCUT2D eigenvalue weighted by atomic mass is 10.1. The van der Waals surface area contributed by atoms with E-state index in [1.165, 1.54) is 30.3 Å².